The summed E-state index contributed by atoms with van der Waals surface area (Å²) >= 11 is 0. The Morgan fingerprint density at radius 3 is 2.52 bits per heavy atom. The first-order chi connectivity index (χ1) is 10.9. The van der Waals surface area contributed by atoms with Crippen LogP contribution in [0.4, 0.5) is 0 Å². The Bertz CT molecular complexity index is 687. The van der Waals surface area contributed by atoms with Gasteiger partial charge in [0, 0.05) is 32.6 Å². The molecule has 7 heteroatoms. The summed E-state index contributed by atoms with van der Waals surface area (Å²) in [6.07, 6.45) is 1.81. The monoisotopic (exact) mass is 338 g/mol. The van der Waals surface area contributed by atoms with Gasteiger partial charge in [0.05, 0.1) is 12.0 Å². The molecule has 23 heavy (non-hydrogen) atoms. The molecule has 0 N–H and O–H groups in total. The Kier molecular flexibility index (Phi) is 4.33. The number of likely N-dealkylation sites (tertiary alicyclic amines) is 1. The molecule has 2 heterocycles. The molecule has 2 aliphatic heterocycles. The summed E-state index contributed by atoms with van der Waals surface area (Å²) in [5, 5.41) is 0. The molecule has 0 aromatic heterocycles. The number of fused-ring (bicyclic) bond motifs is 1. The highest BCUT2D eigenvalue weighted by Crippen LogP contribution is 2.34. The lowest BCUT2D eigenvalue weighted by atomic mass is 9.94. The van der Waals surface area contributed by atoms with E-state index in [1.165, 1.54) is 0 Å². The number of methoxy groups -OCH3 is 1. The summed E-state index contributed by atoms with van der Waals surface area (Å²) < 4.78 is 32.6. The number of ether oxygens (including phenoxy) is 1. The minimum absolute atomic E-state index is 0.0150. The van der Waals surface area contributed by atoms with Crippen LogP contribution in [0.1, 0.15) is 19.8 Å². The molecule has 0 radical (unpaired) electrons. The highest BCUT2D eigenvalue weighted by molar-refractivity contribution is 7.89. The molecule has 126 valence electrons. The van der Waals surface area contributed by atoms with E-state index in [9.17, 15) is 13.2 Å². The number of carbonyl (C=O) groups excluding carboxylic acids is 1. The van der Waals surface area contributed by atoms with Crippen molar-refractivity contribution in [2.75, 3.05) is 26.7 Å². The molecule has 1 aromatic carbocycles. The van der Waals surface area contributed by atoms with Crippen molar-refractivity contribution in [2.24, 2.45) is 5.92 Å². The van der Waals surface area contributed by atoms with E-state index in [2.05, 4.69) is 0 Å². The van der Waals surface area contributed by atoms with Crippen molar-refractivity contribution in [1.82, 2.24) is 9.21 Å². The summed E-state index contributed by atoms with van der Waals surface area (Å²) in [5.74, 6) is 0.881. The highest BCUT2D eigenvalue weighted by Gasteiger charge is 2.44. The molecule has 2 aliphatic rings. The first-order valence-corrected chi connectivity index (χ1v) is 9.29. The maximum Gasteiger partial charge on any atom is 0.243 e. The predicted molar refractivity (Wildman–Crippen MR) is 85.7 cm³/mol. The van der Waals surface area contributed by atoms with E-state index in [-0.39, 0.29) is 22.8 Å². The highest BCUT2D eigenvalue weighted by atomic mass is 32.2. The van der Waals surface area contributed by atoms with Gasteiger partial charge in [-0.3, -0.25) is 4.79 Å². The summed E-state index contributed by atoms with van der Waals surface area (Å²) in [7, 11) is -2.00. The third-order valence-corrected chi connectivity index (χ3v) is 6.78. The maximum atomic E-state index is 13.0. The van der Waals surface area contributed by atoms with Crippen LogP contribution in [0.25, 0.3) is 0 Å². The molecule has 6 nitrogen and oxygen atoms in total. The third-order valence-electron chi connectivity index (χ3n) is 4.84. The number of hydrogen-bond donors (Lipinski definition) is 0. The predicted octanol–water partition coefficient (Wildman–Crippen LogP) is 1.33. The number of sulfonamides is 1. The van der Waals surface area contributed by atoms with Gasteiger partial charge in [-0.1, -0.05) is 0 Å². The first kappa shape index (κ1) is 16.3. The lowest BCUT2D eigenvalue weighted by molar-refractivity contribution is -0.128. The number of rotatable bonds is 3. The molecule has 2 atom stereocenters. The number of nitrogens with zero attached hydrogens (tertiary/aromatic N) is 2. The molecule has 1 amide bonds. The first-order valence-electron chi connectivity index (χ1n) is 7.85. The van der Waals surface area contributed by atoms with Gasteiger partial charge in [0.25, 0.3) is 0 Å². The Morgan fingerprint density at radius 2 is 1.91 bits per heavy atom. The molecule has 1 aromatic rings. The minimum atomic E-state index is -3.55. The van der Waals surface area contributed by atoms with Crippen LogP contribution in [-0.4, -0.2) is 56.3 Å². The van der Waals surface area contributed by atoms with Crippen molar-refractivity contribution < 1.29 is 17.9 Å². The van der Waals surface area contributed by atoms with Crippen molar-refractivity contribution in [3.63, 3.8) is 0 Å². The van der Waals surface area contributed by atoms with Gasteiger partial charge in [-0.2, -0.15) is 4.31 Å². The largest absolute Gasteiger partial charge is 0.497 e. The summed E-state index contributed by atoms with van der Waals surface area (Å²) in [6, 6.07) is 6.36. The van der Waals surface area contributed by atoms with E-state index >= 15 is 0 Å². The molecular weight excluding hydrogens is 316 g/mol. The van der Waals surface area contributed by atoms with E-state index in [4.69, 9.17) is 4.74 Å². The topological polar surface area (TPSA) is 66.9 Å². The fourth-order valence-electron chi connectivity index (χ4n) is 3.58. The van der Waals surface area contributed by atoms with Crippen LogP contribution in [0.15, 0.2) is 29.2 Å². The van der Waals surface area contributed by atoms with E-state index in [1.54, 1.807) is 47.5 Å². The standard InChI is InChI=1S/C16H22N2O4S/c1-12(19)17-10-13-4-3-9-18(16(13)11-17)23(20,21)15-7-5-14(22-2)6-8-15/h5-8,13,16H,3-4,9-11H2,1-2H3/t13-,16+/m1/s1. The van der Waals surface area contributed by atoms with Crippen molar-refractivity contribution in [3.8, 4) is 5.75 Å². The number of piperidine rings is 1. The summed E-state index contributed by atoms with van der Waals surface area (Å²) in [5.41, 5.74) is 0. The van der Waals surface area contributed by atoms with Gasteiger partial charge < -0.3 is 9.64 Å². The number of carbonyl (C=O) groups is 1. The van der Waals surface area contributed by atoms with Gasteiger partial charge in [0.15, 0.2) is 0 Å². The zero-order chi connectivity index (χ0) is 16.6. The summed E-state index contributed by atoms with van der Waals surface area (Å²) in [4.78, 5) is 13.7. The fourth-order valence-corrected chi connectivity index (χ4v) is 5.29. The molecule has 0 aliphatic carbocycles. The van der Waals surface area contributed by atoms with Crippen molar-refractivity contribution in [1.29, 1.82) is 0 Å². The second-order valence-electron chi connectivity index (χ2n) is 6.18. The maximum absolute atomic E-state index is 13.0. The van der Waals surface area contributed by atoms with E-state index in [0.717, 1.165) is 12.8 Å². The van der Waals surface area contributed by atoms with Gasteiger partial charge in [-0.25, -0.2) is 8.42 Å². The van der Waals surface area contributed by atoms with Crippen LogP contribution in [0, 0.1) is 5.92 Å². The second kappa shape index (κ2) is 6.13. The summed E-state index contributed by atoms with van der Waals surface area (Å²) in [6.45, 7) is 3.21. The van der Waals surface area contributed by atoms with Crippen LogP contribution >= 0.6 is 0 Å². The quantitative estimate of drug-likeness (QED) is 0.834. The van der Waals surface area contributed by atoms with Crippen LogP contribution in [-0.2, 0) is 14.8 Å². The van der Waals surface area contributed by atoms with Crippen LogP contribution < -0.4 is 4.74 Å². The van der Waals surface area contributed by atoms with E-state index < -0.39 is 10.0 Å². The molecule has 2 fully saturated rings. The smallest absolute Gasteiger partial charge is 0.243 e. The number of hydrogen-bond acceptors (Lipinski definition) is 4. The van der Waals surface area contributed by atoms with Gasteiger partial charge >= 0.3 is 0 Å². The second-order valence-corrected chi connectivity index (χ2v) is 8.08. The molecule has 2 saturated heterocycles. The Morgan fingerprint density at radius 1 is 1.22 bits per heavy atom. The molecule has 3 rings (SSSR count). The minimum Gasteiger partial charge on any atom is -0.497 e. The Labute approximate surface area is 137 Å². The molecule has 0 saturated carbocycles. The zero-order valence-corrected chi connectivity index (χ0v) is 14.3. The van der Waals surface area contributed by atoms with Gasteiger partial charge in [0.2, 0.25) is 15.9 Å². The number of amides is 1. The third kappa shape index (κ3) is 2.95. The molecular formula is C16H22N2O4S. The molecule has 0 spiro atoms. The SMILES string of the molecule is COc1ccc(S(=O)(=O)N2CCC[C@@H]3CN(C(C)=O)C[C@@H]32)cc1. The van der Waals surface area contributed by atoms with Gasteiger partial charge in [0.1, 0.15) is 5.75 Å². The average molecular weight is 338 g/mol. The van der Waals surface area contributed by atoms with Crippen LogP contribution in [0.2, 0.25) is 0 Å². The van der Waals surface area contributed by atoms with Crippen molar-refractivity contribution in [2.45, 2.75) is 30.7 Å². The van der Waals surface area contributed by atoms with Crippen LogP contribution in [0.5, 0.6) is 5.75 Å². The van der Waals surface area contributed by atoms with E-state index in [1.807, 2.05) is 0 Å². The molecule has 0 unspecified atom stereocenters. The lowest BCUT2D eigenvalue weighted by Gasteiger charge is -2.35. The van der Waals surface area contributed by atoms with E-state index in [0.29, 0.717) is 25.4 Å². The Balaban J connectivity index is 1.87. The van der Waals surface area contributed by atoms with Crippen molar-refractivity contribution >= 4 is 15.9 Å². The lowest BCUT2D eigenvalue weighted by Crippen LogP contribution is -2.48. The van der Waals surface area contributed by atoms with Gasteiger partial charge in [-0.15, -0.1) is 0 Å². The normalized spacial score (nSPS) is 25.2. The van der Waals surface area contributed by atoms with Crippen molar-refractivity contribution in [3.05, 3.63) is 24.3 Å². The fraction of sp³-hybridized carbons (Fsp3) is 0.562. The Hall–Kier alpha value is -1.60. The van der Waals surface area contributed by atoms with Crippen LogP contribution in [0.3, 0.4) is 0 Å². The number of benzene rings is 1. The van der Waals surface area contributed by atoms with Gasteiger partial charge in [-0.05, 0) is 43.0 Å². The molecule has 0 bridgehead atoms. The zero-order valence-electron chi connectivity index (χ0n) is 13.4. The average Bonchev–Trinajstić information content (AvgIpc) is 2.99.